The third kappa shape index (κ3) is 3.64. The van der Waals surface area contributed by atoms with E-state index < -0.39 is 15.9 Å². The molecule has 0 aliphatic carbocycles. The van der Waals surface area contributed by atoms with Crippen LogP contribution in [0.2, 0.25) is 0 Å². The van der Waals surface area contributed by atoms with Gasteiger partial charge in [-0.15, -0.1) is 11.3 Å². The second kappa shape index (κ2) is 7.55. The zero-order valence-electron chi connectivity index (χ0n) is 14.1. The smallest absolute Gasteiger partial charge is 0.256 e. The van der Waals surface area contributed by atoms with Gasteiger partial charge in [-0.2, -0.15) is 9.57 Å². The molecule has 0 atom stereocenters. The fourth-order valence-electron chi connectivity index (χ4n) is 2.61. The number of ether oxygens (including phenoxy) is 1. The Labute approximate surface area is 155 Å². The Kier molecular flexibility index (Phi) is 5.38. The predicted molar refractivity (Wildman–Crippen MR) is 97.7 cm³/mol. The van der Waals surface area contributed by atoms with Gasteiger partial charge in [-0.1, -0.05) is 6.07 Å². The van der Waals surface area contributed by atoms with Gasteiger partial charge in [0, 0.05) is 18.7 Å². The Balaban J connectivity index is 1.90. The van der Waals surface area contributed by atoms with Crippen LogP contribution >= 0.6 is 11.3 Å². The first-order valence-corrected chi connectivity index (χ1v) is 10.2. The Morgan fingerprint density at radius 2 is 2.04 bits per heavy atom. The lowest BCUT2D eigenvalue weighted by atomic mass is 10.1. The lowest BCUT2D eigenvalue weighted by molar-refractivity contribution is 0.0730. The molecule has 1 aromatic heterocycles. The SMILES string of the molecule is Cc1ccc(S(=O)(=O)N2CCOCC2)cc1C(=O)Nc1sccc1C#N. The van der Waals surface area contributed by atoms with Crippen molar-refractivity contribution >= 4 is 32.3 Å². The van der Waals surface area contributed by atoms with Gasteiger partial charge in [0.05, 0.1) is 23.7 Å². The molecule has 0 unspecified atom stereocenters. The number of thiophene rings is 1. The number of hydrogen-bond acceptors (Lipinski definition) is 6. The van der Waals surface area contributed by atoms with Crippen LogP contribution in [-0.2, 0) is 14.8 Å². The van der Waals surface area contributed by atoms with Crippen molar-refractivity contribution in [1.82, 2.24) is 4.31 Å². The number of nitrogens with zero attached hydrogens (tertiary/aromatic N) is 2. The van der Waals surface area contributed by atoms with E-state index in [9.17, 15) is 13.2 Å². The number of sulfonamides is 1. The van der Waals surface area contributed by atoms with Crippen LogP contribution < -0.4 is 5.32 Å². The topological polar surface area (TPSA) is 99.5 Å². The van der Waals surface area contributed by atoms with Crippen LogP contribution in [0.5, 0.6) is 0 Å². The van der Waals surface area contributed by atoms with E-state index in [0.717, 1.165) is 0 Å². The van der Waals surface area contributed by atoms with E-state index in [1.807, 2.05) is 6.07 Å². The summed E-state index contributed by atoms with van der Waals surface area (Å²) in [6.45, 7) is 3.03. The van der Waals surface area contributed by atoms with Crippen molar-refractivity contribution in [3.8, 4) is 6.07 Å². The molecular weight excluding hydrogens is 374 g/mol. The average molecular weight is 391 g/mol. The molecule has 2 heterocycles. The van der Waals surface area contributed by atoms with Crippen molar-refractivity contribution in [2.45, 2.75) is 11.8 Å². The van der Waals surface area contributed by atoms with Crippen molar-refractivity contribution in [3.63, 3.8) is 0 Å². The van der Waals surface area contributed by atoms with Crippen LogP contribution in [0.15, 0.2) is 34.5 Å². The number of hydrogen-bond donors (Lipinski definition) is 1. The largest absolute Gasteiger partial charge is 0.379 e. The molecule has 1 fully saturated rings. The highest BCUT2D eigenvalue weighted by Gasteiger charge is 2.27. The molecule has 1 amide bonds. The molecule has 7 nitrogen and oxygen atoms in total. The number of rotatable bonds is 4. The minimum absolute atomic E-state index is 0.0711. The maximum Gasteiger partial charge on any atom is 0.256 e. The van der Waals surface area contributed by atoms with E-state index in [1.165, 1.54) is 27.8 Å². The van der Waals surface area contributed by atoms with Crippen molar-refractivity contribution < 1.29 is 17.9 Å². The van der Waals surface area contributed by atoms with E-state index in [4.69, 9.17) is 10.00 Å². The van der Waals surface area contributed by atoms with E-state index in [-0.39, 0.29) is 10.5 Å². The lowest BCUT2D eigenvalue weighted by Gasteiger charge is -2.26. The normalized spacial score (nSPS) is 15.4. The highest BCUT2D eigenvalue weighted by atomic mass is 32.2. The third-order valence-corrected chi connectivity index (χ3v) is 6.80. The summed E-state index contributed by atoms with van der Waals surface area (Å²) in [4.78, 5) is 12.7. The highest BCUT2D eigenvalue weighted by Crippen LogP contribution is 2.25. The lowest BCUT2D eigenvalue weighted by Crippen LogP contribution is -2.40. The van der Waals surface area contributed by atoms with Crippen LogP contribution in [0.3, 0.4) is 0 Å². The molecule has 1 aliphatic rings. The maximum atomic E-state index is 12.8. The molecule has 0 bridgehead atoms. The number of morpholine rings is 1. The summed E-state index contributed by atoms with van der Waals surface area (Å²) >= 11 is 1.24. The summed E-state index contributed by atoms with van der Waals surface area (Å²) in [6.07, 6.45) is 0. The monoisotopic (exact) mass is 391 g/mol. The van der Waals surface area contributed by atoms with E-state index in [1.54, 1.807) is 24.4 Å². The molecule has 3 rings (SSSR count). The Hall–Kier alpha value is -2.25. The summed E-state index contributed by atoms with van der Waals surface area (Å²) in [5.41, 5.74) is 1.29. The van der Waals surface area contributed by atoms with Crippen molar-refractivity contribution in [2.24, 2.45) is 0 Å². The zero-order valence-corrected chi connectivity index (χ0v) is 15.7. The second-order valence-electron chi connectivity index (χ2n) is 5.72. The number of benzene rings is 1. The van der Waals surface area contributed by atoms with Crippen LogP contribution in [0.4, 0.5) is 5.00 Å². The molecule has 1 saturated heterocycles. The van der Waals surface area contributed by atoms with Crippen LogP contribution in [0.25, 0.3) is 0 Å². The number of nitrogens with one attached hydrogen (secondary N) is 1. The zero-order chi connectivity index (χ0) is 18.7. The number of amides is 1. The summed E-state index contributed by atoms with van der Waals surface area (Å²) in [7, 11) is -3.69. The maximum absolute atomic E-state index is 12.8. The Bertz CT molecular complexity index is 970. The average Bonchev–Trinajstić information content (AvgIpc) is 3.09. The molecule has 1 aromatic carbocycles. The summed E-state index contributed by atoms with van der Waals surface area (Å²) in [5, 5.41) is 13.9. The van der Waals surface area contributed by atoms with Crippen molar-refractivity contribution in [3.05, 3.63) is 46.3 Å². The summed E-state index contributed by atoms with van der Waals surface area (Å²) in [6, 6.07) is 8.12. The fraction of sp³-hybridized carbons (Fsp3) is 0.294. The van der Waals surface area contributed by atoms with Gasteiger partial charge in [0.1, 0.15) is 11.1 Å². The van der Waals surface area contributed by atoms with Gasteiger partial charge in [-0.05, 0) is 36.1 Å². The minimum atomic E-state index is -3.69. The molecule has 0 spiro atoms. The summed E-state index contributed by atoms with van der Waals surface area (Å²) < 4.78 is 32.1. The number of carbonyl (C=O) groups excluding carboxylic acids is 1. The van der Waals surface area contributed by atoms with Gasteiger partial charge >= 0.3 is 0 Å². The molecule has 26 heavy (non-hydrogen) atoms. The first-order valence-electron chi connectivity index (χ1n) is 7.91. The summed E-state index contributed by atoms with van der Waals surface area (Å²) in [5.74, 6) is -0.444. The standard InChI is InChI=1S/C17H17N3O4S2/c1-12-2-3-14(26(22,23)20-5-7-24-8-6-20)10-15(12)16(21)19-17-13(11-18)4-9-25-17/h2-4,9-10H,5-8H2,1H3,(H,19,21). The fourth-order valence-corrected chi connectivity index (χ4v) is 4.77. The predicted octanol–water partition coefficient (Wildman–Crippen LogP) is 2.20. The van der Waals surface area contributed by atoms with Crippen LogP contribution in [0.1, 0.15) is 21.5 Å². The molecule has 136 valence electrons. The van der Waals surface area contributed by atoms with Crippen molar-refractivity contribution in [2.75, 3.05) is 31.6 Å². The van der Waals surface area contributed by atoms with Gasteiger partial charge in [-0.3, -0.25) is 4.79 Å². The first kappa shape index (κ1) is 18.5. The first-order chi connectivity index (χ1) is 12.4. The molecule has 1 aliphatic heterocycles. The van der Waals surface area contributed by atoms with Crippen LogP contribution in [-0.4, -0.2) is 44.9 Å². The minimum Gasteiger partial charge on any atom is -0.379 e. The van der Waals surface area contributed by atoms with Gasteiger partial charge in [0.25, 0.3) is 5.91 Å². The third-order valence-electron chi connectivity index (χ3n) is 4.07. The van der Waals surface area contributed by atoms with Crippen molar-refractivity contribution in [1.29, 1.82) is 5.26 Å². The number of nitriles is 1. The Morgan fingerprint density at radius 3 is 2.73 bits per heavy atom. The molecule has 0 radical (unpaired) electrons. The molecule has 2 aromatic rings. The molecular formula is C17H17N3O4S2. The van der Waals surface area contributed by atoms with E-state index in [2.05, 4.69) is 5.32 Å². The molecule has 0 saturated carbocycles. The van der Waals surface area contributed by atoms with Gasteiger partial charge in [0.2, 0.25) is 10.0 Å². The number of carbonyl (C=O) groups is 1. The Morgan fingerprint density at radius 1 is 1.31 bits per heavy atom. The second-order valence-corrected chi connectivity index (χ2v) is 8.58. The molecule has 9 heteroatoms. The highest BCUT2D eigenvalue weighted by molar-refractivity contribution is 7.89. The van der Waals surface area contributed by atoms with Gasteiger partial charge in [0.15, 0.2) is 0 Å². The van der Waals surface area contributed by atoms with E-state index in [0.29, 0.717) is 42.4 Å². The van der Waals surface area contributed by atoms with Crippen LogP contribution in [0, 0.1) is 18.3 Å². The van der Waals surface area contributed by atoms with Gasteiger partial charge in [-0.25, -0.2) is 8.42 Å². The molecule has 1 N–H and O–H groups in total. The number of aryl methyl sites for hydroxylation is 1. The quantitative estimate of drug-likeness (QED) is 0.861. The number of anilines is 1. The van der Waals surface area contributed by atoms with E-state index >= 15 is 0 Å². The van der Waals surface area contributed by atoms with Gasteiger partial charge < -0.3 is 10.1 Å².